The first-order valence-electron chi connectivity index (χ1n) is 3.47. The molecule has 0 fully saturated rings. The van der Waals surface area contributed by atoms with Gasteiger partial charge in [-0.25, -0.2) is 0 Å². The molecule has 1 aromatic rings. The SMILES string of the molecule is CNc1cc(O)ccc1CN. The fourth-order valence-corrected chi connectivity index (χ4v) is 0.975. The highest BCUT2D eigenvalue weighted by molar-refractivity contribution is 5.54. The third kappa shape index (κ3) is 1.62. The first-order valence-corrected chi connectivity index (χ1v) is 3.47. The molecule has 3 heteroatoms. The molecule has 0 heterocycles. The van der Waals surface area contributed by atoms with E-state index in [1.54, 1.807) is 25.2 Å². The second kappa shape index (κ2) is 3.25. The summed E-state index contributed by atoms with van der Waals surface area (Å²) in [7, 11) is 1.80. The van der Waals surface area contributed by atoms with Gasteiger partial charge >= 0.3 is 0 Å². The summed E-state index contributed by atoms with van der Waals surface area (Å²) in [6.45, 7) is 0.483. The summed E-state index contributed by atoms with van der Waals surface area (Å²) in [6, 6.07) is 5.09. The number of phenols is 1. The van der Waals surface area contributed by atoms with Crippen molar-refractivity contribution in [2.45, 2.75) is 6.54 Å². The lowest BCUT2D eigenvalue weighted by atomic mass is 10.1. The van der Waals surface area contributed by atoms with Crippen molar-refractivity contribution in [3.8, 4) is 5.75 Å². The standard InChI is InChI=1S/C8H12N2O/c1-10-8-4-7(11)3-2-6(8)5-9/h2-4,10-11H,5,9H2,1H3. The highest BCUT2D eigenvalue weighted by Gasteiger charge is 1.98. The van der Waals surface area contributed by atoms with Crippen LogP contribution in [0.25, 0.3) is 0 Å². The van der Waals surface area contributed by atoms with Gasteiger partial charge in [-0.3, -0.25) is 0 Å². The highest BCUT2D eigenvalue weighted by atomic mass is 16.3. The molecule has 4 N–H and O–H groups in total. The summed E-state index contributed by atoms with van der Waals surface area (Å²) in [4.78, 5) is 0. The topological polar surface area (TPSA) is 58.3 Å². The number of phenolic OH excluding ortho intramolecular Hbond substituents is 1. The molecule has 0 saturated heterocycles. The summed E-state index contributed by atoms with van der Waals surface area (Å²) in [5, 5.41) is 12.0. The van der Waals surface area contributed by atoms with Gasteiger partial charge in [-0.15, -0.1) is 0 Å². The van der Waals surface area contributed by atoms with Crippen molar-refractivity contribution >= 4 is 5.69 Å². The Bertz CT molecular complexity index is 248. The van der Waals surface area contributed by atoms with E-state index >= 15 is 0 Å². The van der Waals surface area contributed by atoms with Crippen molar-refractivity contribution in [1.82, 2.24) is 0 Å². The van der Waals surface area contributed by atoms with Gasteiger partial charge in [0.25, 0.3) is 0 Å². The van der Waals surface area contributed by atoms with Gasteiger partial charge in [-0.1, -0.05) is 6.07 Å². The quantitative estimate of drug-likeness (QED) is 0.590. The van der Waals surface area contributed by atoms with Crippen molar-refractivity contribution in [2.75, 3.05) is 12.4 Å². The monoisotopic (exact) mass is 152 g/mol. The predicted molar refractivity (Wildman–Crippen MR) is 45.5 cm³/mol. The van der Waals surface area contributed by atoms with Crippen molar-refractivity contribution in [1.29, 1.82) is 0 Å². The maximum Gasteiger partial charge on any atom is 0.117 e. The fraction of sp³-hybridized carbons (Fsp3) is 0.250. The third-order valence-corrected chi connectivity index (χ3v) is 1.58. The second-order valence-electron chi connectivity index (χ2n) is 2.30. The molecule has 0 bridgehead atoms. The molecule has 0 aliphatic rings. The van der Waals surface area contributed by atoms with E-state index in [2.05, 4.69) is 5.32 Å². The second-order valence-corrected chi connectivity index (χ2v) is 2.30. The number of aromatic hydroxyl groups is 1. The molecule has 1 aromatic carbocycles. The minimum Gasteiger partial charge on any atom is -0.508 e. The van der Waals surface area contributed by atoms with Crippen LogP contribution in [0.3, 0.4) is 0 Å². The van der Waals surface area contributed by atoms with Crippen LogP contribution >= 0.6 is 0 Å². The number of nitrogens with one attached hydrogen (secondary N) is 1. The number of rotatable bonds is 2. The Balaban J connectivity index is 3.06. The molecular weight excluding hydrogens is 140 g/mol. The summed E-state index contributed by atoms with van der Waals surface area (Å²) in [5.74, 6) is 0.256. The fourth-order valence-electron chi connectivity index (χ4n) is 0.975. The van der Waals surface area contributed by atoms with Crippen molar-refractivity contribution < 1.29 is 5.11 Å². The Hall–Kier alpha value is -1.22. The van der Waals surface area contributed by atoms with Gasteiger partial charge in [0.05, 0.1) is 0 Å². The Morgan fingerprint density at radius 1 is 1.55 bits per heavy atom. The highest BCUT2D eigenvalue weighted by Crippen LogP contribution is 2.20. The minimum absolute atomic E-state index is 0.256. The molecule has 0 aliphatic heterocycles. The number of anilines is 1. The molecule has 11 heavy (non-hydrogen) atoms. The summed E-state index contributed by atoms with van der Waals surface area (Å²) in [5.41, 5.74) is 7.34. The molecular formula is C8H12N2O. The largest absolute Gasteiger partial charge is 0.508 e. The molecule has 3 nitrogen and oxygen atoms in total. The van der Waals surface area contributed by atoms with E-state index in [9.17, 15) is 0 Å². The third-order valence-electron chi connectivity index (χ3n) is 1.58. The van der Waals surface area contributed by atoms with Gasteiger partial charge in [-0.2, -0.15) is 0 Å². The zero-order valence-corrected chi connectivity index (χ0v) is 6.46. The van der Waals surface area contributed by atoms with Crippen LogP contribution in [-0.2, 0) is 6.54 Å². The zero-order valence-electron chi connectivity index (χ0n) is 6.46. The number of nitrogens with two attached hydrogens (primary N) is 1. The van der Waals surface area contributed by atoms with E-state index < -0.39 is 0 Å². The first kappa shape index (κ1) is 7.88. The number of hydrogen-bond acceptors (Lipinski definition) is 3. The summed E-state index contributed by atoms with van der Waals surface area (Å²) >= 11 is 0. The van der Waals surface area contributed by atoms with Gasteiger partial charge in [0.1, 0.15) is 5.75 Å². The van der Waals surface area contributed by atoms with Gasteiger partial charge in [0, 0.05) is 25.3 Å². The Morgan fingerprint density at radius 3 is 2.82 bits per heavy atom. The molecule has 0 aliphatic carbocycles. The molecule has 1 rings (SSSR count). The molecule has 0 saturated carbocycles. The van der Waals surface area contributed by atoms with Crippen molar-refractivity contribution in [3.63, 3.8) is 0 Å². The van der Waals surface area contributed by atoms with Crippen molar-refractivity contribution in [2.24, 2.45) is 5.73 Å². The average molecular weight is 152 g/mol. The smallest absolute Gasteiger partial charge is 0.117 e. The van der Waals surface area contributed by atoms with Gasteiger partial charge in [0.15, 0.2) is 0 Å². The Labute approximate surface area is 65.8 Å². The van der Waals surface area contributed by atoms with E-state index in [4.69, 9.17) is 10.8 Å². The van der Waals surface area contributed by atoms with Crippen LogP contribution in [0, 0.1) is 0 Å². The van der Waals surface area contributed by atoms with Gasteiger partial charge in [0.2, 0.25) is 0 Å². The van der Waals surface area contributed by atoms with E-state index in [1.807, 2.05) is 0 Å². The van der Waals surface area contributed by atoms with E-state index in [0.29, 0.717) is 6.54 Å². The van der Waals surface area contributed by atoms with E-state index in [1.165, 1.54) is 0 Å². The van der Waals surface area contributed by atoms with Crippen LogP contribution in [0.15, 0.2) is 18.2 Å². The Kier molecular flexibility index (Phi) is 2.33. The normalized spacial score (nSPS) is 9.64. The lowest BCUT2D eigenvalue weighted by molar-refractivity contribution is 0.475. The lowest BCUT2D eigenvalue weighted by Crippen LogP contribution is -2.01. The Morgan fingerprint density at radius 2 is 2.27 bits per heavy atom. The maximum absolute atomic E-state index is 9.08. The lowest BCUT2D eigenvalue weighted by Gasteiger charge is -2.06. The molecule has 0 unspecified atom stereocenters. The van der Waals surface area contributed by atoms with E-state index in [0.717, 1.165) is 11.3 Å². The van der Waals surface area contributed by atoms with Crippen LogP contribution < -0.4 is 11.1 Å². The number of benzene rings is 1. The molecule has 0 atom stereocenters. The minimum atomic E-state index is 0.256. The van der Waals surface area contributed by atoms with Gasteiger partial charge in [-0.05, 0) is 11.6 Å². The molecule has 0 radical (unpaired) electrons. The summed E-state index contributed by atoms with van der Waals surface area (Å²) in [6.07, 6.45) is 0. The molecule has 0 spiro atoms. The average Bonchev–Trinajstić information content (AvgIpc) is 2.04. The van der Waals surface area contributed by atoms with Crippen LogP contribution in [0.1, 0.15) is 5.56 Å². The molecule has 0 aromatic heterocycles. The van der Waals surface area contributed by atoms with Crippen LogP contribution in [-0.4, -0.2) is 12.2 Å². The van der Waals surface area contributed by atoms with E-state index in [-0.39, 0.29) is 5.75 Å². The van der Waals surface area contributed by atoms with Crippen LogP contribution in [0.4, 0.5) is 5.69 Å². The van der Waals surface area contributed by atoms with Crippen LogP contribution in [0.5, 0.6) is 5.75 Å². The molecule has 0 amide bonds. The van der Waals surface area contributed by atoms with Crippen LogP contribution in [0.2, 0.25) is 0 Å². The first-order chi connectivity index (χ1) is 5.27. The number of hydrogen-bond donors (Lipinski definition) is 3. The zero-order chi connectivity index (χ0) is 8.27. The predicted octanol–water partition coefficient (Wildman–Crippen LogP) is 0.893. The van der Waals surface area contributed by atoms with Crippen molar-refractivity contribution in [3.05, 3.63) is 23.8 Å². The maximum atomic E-state index is 9.08. The summed E-state index contributed by atoms with van der Waals surface area (Å²) < 4.78 is 0. The molecule has 60 valence electrons. The van der Waals surface area contributed by atoms with Gasteiger partial charge < -0.3 is 16.2 Å².